The summed E-state index contributed by atoms with van der Waals surface area (Å²) in [5, 5.41) is 8.44. The lowest BCUT2D eigenvalue weighted by atomic mass is 9.96. The molecule has 2 heteroatoms. The summed E-state index contributed by atoms with van der Waals surface area (Å²) in [6.07, 6.45) is 3.26. The van der Waals surface area contributed by atoms with Crippen LogP contribution in [0.4, 0.5) is 0 Å². The average molecular weight is 138 g/mol. The van der Waals surface area contributed by atoms with E-state index in [9.17, 15) is 0 Å². The summed E-state index contributed by atoms with van der Waals surface area (Å²) in [5.74, 6) is 0.642. The third-order valence-electron chi connectivity index (χ3n) is 2.10. The molecule has 0 radical (unpaired) electrons. The van der Waals surface area contributed by atoms with Crippen LogP contribution in [0.15, 0.2) is 0 Å². The van der Waals surface area contributed by atoms with Gasteiger partial charge in [-0.25, -0.2) is 0 Å². The minimum Gasteiger partial charge on any atom is -0.306 e. The summed E-state index contributed by atoms with van der Waals surface area (Å²) in [7, 11) is 2.13. The summed E-state index contributed by atoms with van der Waals surface area (Å²) in [6, 6.07) is 2.23. The summed E-state index contributed by atoms with van der Waals surface area (Å²) in [4.78, 5) is 2.31. The third kappa shape index (κ3) is 2.00. The standard InChI is InChI=1S/C8H14N2/c1-10-6-2-3-8(7-10)4-5-9/h8H,2-4,6-7H2,1H3. The van der Waals surface area contributed by atoms with Crippen molar-refractivity contribution in [3.05, 3.63) is 0 Å². The van der Waals surface area contributed by atoms with E-state index in [1.807, 2.05) is 0 Å². The summed E-state index contributed by atoms with van der Waals surface area (Å²) in [5.41, 5.74) is 0. The molecular weight excluding hydrogens is 124 g/mol. The van der Waals surface area contributed by atoms with Crippen LogP contribution >= 0.6 is 0 Å². The average Bonchev–Trinajstić information content (AvgIpc) is 1.88. The van der Waals surface area contributed by atoms with Crippen LogP contribution in [-0.4, -0.2) is 25.0 Å². The molecular formula is C8H14N2. The van der Waals surface area contributed by atoms with E-state index in [0.29, 0.717) is 5.92 Å². The molecule has 1 atom stereocenters. The van der Waals surface area contributed by atoms with Crippen LogP contribution in [0, 0.1) is 17.2 Å². The lowest BCUT2D eigenvalue weighted by Gasteiger charge is -2.27. The Bertz CT molecular complexity index is 137. The van der Waals surface area contributed by atoms with Crippen molar-refractivity contribution in [3.63, 3.8) is 0 Å². The van der Waals surface area contributed by atoms with Crippen LogP contribution in [0.2, 0.25) is 0 Å². The Morgan fingerprint density at radius 1 is 1.70 bits per heavy atom. The van der Waals surface area contributed by atoms with E-state index >= 15 is 0 Å². The first-order valence-corrected chi connectivity index (χ1v) is 3.88. The Balaban J connectivity index is 2.27. The van der Waals surface area contributed by atoms with Gasteiger partial charge in [0.25, 0.3) is 0 Å². The van der Waals surface area contributed by atoms with Gasteiger partial charge >= 0.3 is 0 Å². The van der Waals surface area contributed by atoms with Crippen molar-refractivity contribution in [1.29, 1.82) is 5.26 Å². The number of nitrogens with zero attached hydrogens (tertiary/aromatic N) is 2. The van der Waals surface area contributed by atoms with Crippen molar-refractivity contribution < 1.29 is 0 Å². The lowest BCUT2D eigenvalue weighted by molar-refractivity contribution is 0.212. The van der Waals surface area contributed by atoms with Crippen molar-refractivity contribution in [1.82, 2.24) is 4.90 Å². The number of likely N-dealkylation sites (tertiary alicyclic amines) is 1. The molecule has 0 aromatic heterocycles. The van der Waals surface area contributed by atoms with Crippen molar-refractivity contribution >= 4 is 0 Å². The molecule has 0 saturated carbocycles. The molecule has 0 amide bonds. The van der Waals surface area contributed by atoms with E-state index in [-0.39, 0.29) is 0 Å². The van der Waals surface area contributed by atoms with Crippen LogP contribution in [-0.2, 0) is 0 Å². The molecule has 56 valence electrons. The zero-order valence-corrected chi connectivity index (χ0v) is 6.51. The summed E-state index contributed by atoms with van der Waals surface area (Å²) >= 11 is 0. The molecule has 1 heterocycles. The van der Waals surface area contributed by atoms with Crippen LogP contribution in [0.5, 0.6) is 0 Å². The van der Waals surface area contributed by atoms with Crippen LogP contribution in [0.3, 0.4) is 0 Å². The first-order valence-electron chi connectivity index (χ1n) is 3.88. The number of hydrogen-bond acceptors (Lipinski definition) is 2. The van der Waals surface area contributed by atoms with Gasteiger partial charge < -0.3 is 4.90 Å². The number of hydrogen-bond donors (Lipinski definition) is 0. The van der Waals surface area contributed by atoms with Gasteiger partial charge in [0.15, 0.2) is 0 Å². The molecule has 1 unspecified atom stereocenters. The Hall–Kier alpha value is -0.550. The van der Waals surface area contributed by atoms with Gasteiger partial charge in [0.05, 0.1) is 6.07 Å². The molecule has 0 N–H and O–H groups in total. The van der Waals surface area contributed by atoms with Crippen LogP contribution in [0.1, 0.15) is 19.3 Å². The fraction of sp³-hybridized carbons (Fsp3) is 0.875. The molecule has 0 aliphatic carbocycles. The largest absolute Gasteiger partial charge is 0.306 e. The molecule has 10 heavy (non-hydrogen) atoms. The second-order valence-electron chi connectivity index (χ2n) is 3.13. The molecule has 1 rings (SSSR count). The van der Waals surface area contributed by atoms with E-state index in [1.54, 1.807) is 0 Å². The van der Waals surface area contributed by atoms with Gasteiger partial charge in [0, 0.05) is 13.0 Å². The monoisotopic (exact) mass is 138 g/mol. The molecule has 2 nitrogen and oxygen atoms in total. The van der Waals surface area contributed by atoms with Crippen molar-refractivity contribution in [3.8, 4) is 6.07 Å². The highest BCUT2D eigenvalue weighted by Gasteiger charge is 2.15. The van der Waals surface area contributed by atoms with Crippen molar-refractivity contribution in [2.24, 2.45) is 5.92 Å². The normalized spacial score (nSPS) is 27.8. The Morgan fingerprint density at radius 2 is 2.50 bits per heavy atom. The minimum atomic E-state index is 0.642. The van der Waals surface area contributed by atoms with Crippen molar-refractivity contribution in [2.45, 2.75) is 19.3 Å². The third-order valence-corrected chi connectivity index (χ3v) is 2.10. The molecule has 0 aromatic rings. The van der Waals surface area contributed by atoms with Gasteiger partial charge in [0.1, 0.15) is 0 Å². The first kappa shape index (κ1) is 7.56. The van der Waals surface area contributed by atoms with Gasteiger partial charge in [-0.05, 0) is 32.4 Å². The summed E-state index contributed by atoms with van der Waals surface area (Å²) in [6.45, 7) is 2.33. The van der Waals surface area contributed by atoms with E-state index in [2.05, 4.69) is 18.0 Å². The Morgan fingerprint density at radius 3 is 3.10 bits per heavy atom. The van der Waals surface area contributed by atoms with Crippen LogP contribution in [0.25, 0.3) is 0 Å². The molecule has 1 aliphatic heterocycles. The summed E-state index contributed by atoms with van der Waals surface area (Å²) < 4.78 is 0. The zero-order chi connectivity index (χ0) is 7.40. The highest BCUT2D eigenvalue weighted by Crippen LogP contribution is 2.17. The van der Waals surface area contributed by atoms with E-state index in [4.69, 9.17) is 5.26 Å². The second kappa shape index (κ2) is 3.58. The first-order chi connectivity index (χ1) is 4.83. The van der Waals surface area contributed by atoms with E-state index in [1.165, 1.54) is 19.4 Å². The maximum Gasteiger partial charge on any atom is 0.0625 e. The highest BCUT2D eigenvalue weighted by molar-refractivity contribution is 4.80. The second-order valence-corrected chi connectivity index (χ2v) is 3.13. The predicted octanol–water partition coefficient (Wildman–Crippen LogP) is 1.24. The highest BCUT2D eigenvalue weighted by atomic mass is 15.1. The maximum atomic E-state index is 8.44. The molecule has 0 spiro atoms. The smallest absolute Gasteiger partial charge is 0.0625 e. The SMILES string of the molecule is CN1CCCC(CC#N)C1. The van der Waals surface area contributed by atoms with Crippen molar-refractivity contribution in [2.75, 3.05) is 20.1 Å². The van der Waals surface area contributed by atoms with E-state index in [0.717, 1.165) is 13.0 Å². The number of piperidine rings is 1. The van der Waals surface area contributed by atoms with Crippen LogP contribution < -0.4 is 0 Å². The van der Waals surface area contributed by atoms with Gasteiger partial charge in [-0.1, -0.05) is 0 Å². The number of rotatable bonds is 1. The fourth-order valence-electron chi connectivity index (χ4n) is 1.57. The Kier molecular flexibility index (Phi) is 2.70. The quantitative estimate of drug-likeness (QED) is 0.545. The predicted molar refractivity (Wildman–Crippen MR) is 40.5 cm³/mol. The maximum absolute atomic E-state index is 8.44. The molecule has 1 aliphatic rings. The van der Waals surface area contributed by atoms with Gasteiger partial charge in [0.2, 0.25) is 0 Å². The van der Waals surface area contributed by atoms with E-state index < -0.39 is 0 Å². The molecule has 1 fully saturated rings. The van der Waals surface area contributed by atoms with Gasteiger partial charge in [-0.3, -0.25) is 0 Å². The van der Waals surface area contributed by atoms with Gasteiger partial charge in [-0.15, -0.1) is 0 Å². The molecule has 0 aromatic carbocycles. The Labute approximate surface area is 62.4 Å². The van der Waals surface area contributed by atoms with Gasteiger partial charge in [-0.2, -0.15) is 5.26 Å². The molecule has 1 saturated heterocycles. The number of nitriles is 1. The fourth-order valence-corrected chi connectivity index (χ4v) is 1.57. The topological polar surface area (TPSA) is 27.0 Å². The zero-order valence-electron chi connectivity index (χ0n) is 6.51. The minimum absolute atomic E-state index is 0.642. The molecule has 0 bridgehead atoms. The lowest BCUT2D eigenvalue weighted by Crippen LogP contribution is -2.31.